The Morgan fingerprint density at radius 2 is 1.88 bits per heavy atom. The third kappa shape index (κ3) is 3.56. The molecule has 2 heterocycles. The molecule has 0 aliphatic heterocycles. The van der Waals surface area contributed by atoms with Crippen molar-refractivity contribution >= 4 is 27.7 Å². The van der Waals surface area contributed by atoms with Crippen LogP contribution in [0.1, 0.15) is 27.2 Å². The van der Waals surface area contributed by atoms with E-state index in [4.69, 9.17) is 0 Å². The molecule has 2 aromatic heterocycles. The highest BCUT2D eigenvalue weighted by Crippen LogP contribution is 2.22. The lowest BCUT2D eigenvalue weighted by Crippen LogP contribution is -2.13. The number of anilines is 1. The third-order valence-corrected chi connectivity index (χ3v) is 4.25. The lowest BCUT2D eigenvalue weighted by molar-refractivity contribution is 0.102. The summed E-state index contributed by atoms with van der Waals surface area (Å²) in [6.45, 7) is 4.50. The molecule has 0 spiro atoms. The van der Waals surface area contributed by atoms with Crippen molar-refractivity contribution < 1.29 is 4.79 Å². The van der Waals surface area contributed by atoms with E-state index in [-0.39, 0.29) is 5.91 Å². The minimum atomic E-state index is -0.220. The molecule has 0 unspecified atom stereocenters. The molecule has 0 saturated carbocycles. The zero-order chi connectivity index (χ0) is 17.3. The number of nitrogens with one attached hydrogen (secondary N) is 1. The van der Waals surface area contributed by atoms with Gasteiger partial charge in [-0.05, 0) is 35.3 Å². The Morgan fingerprint density at radius 1 is 1.17 bits per heavy atom. The normalized spacial score (nSPS) is 10.8. The van der Waals surface area contributed by atoms with E-state index in [2.05, 4.69) is 62.6 Å². The second kappa shape index (κ2) is 6.60. The van der Waals surface area contributed by atoms with Crippen molar-refractivity contribution in [2.75, 3.05) is 5.32 Å². The van der Waals surface area contributed by atoms with Crippen molar-refractivity contribution in [1.82, 2.24) is 19.6 Å². The largest absolute Gasteiger partial charge is 0.304 e. The summed E-state index contributed by atoms with van der Waals surface area (Å²) in [5, 5.41) is 11.4. The molecule has 0 atom stereocenters. The molecule has 0 bridgehead atoms. The van der Waals surface area contributed by atoms with E-state index in [0.29, 0.717) is 23.6 Å². The Balaban J connectivity index is 1.75. The Morgan fingerprint density at radius 3 is 2.50 bits per heavy atom. The van der Waals surface area contributed by atoms with Crippen LogP contribution in [-0.2, 0) is 13.6 Å². The molecule has 1 amide bonds. The van der Waals surface area contributed by atoms with Crippen LogP contribution in [0, 0.1) is 13.8 Å². The molecule has 6 nitrogen and oxygen atoms in total. The van der Waals surface area contributed by atoms with Gasteiger partial charge < -0.3 is 5.32 Å². The fraction of sp³-hybridized carbons (Fsp3) is 0.235. The van der Waals surface area contributed by atoms with Crippen LogP contribution < -0.4 is 5.32 Å². The maximum absolute atomic E-state index is 12.4. The van der Waals surface area contributed by atoms with E-state index in [1.807, 2.05) is 6.20 Å². The number of aromatic nitrogens is 4. The van der Waals surface area contributed by atoms with Gasteiger partial charge in [0.2, 0.25) is 0 Å². The molecule has 0 aliphatic carbocycles. The van der Waals surface area contributed by atoms with Gasteiger partial charge in [0.15, 0.2) is 5.82 Å². The summed E-state index contributed by atoms with van der Waals surface area (Å²) in [6.07, 6.45) is 3.55. The fourth-order valence-corrected chi connectivity index (χ4v) is 2.86. The van der Waals surface area contributed by atoms with Gasteiger partial charge in [0.05, 0.1) is 22.3 Å². The van der Waals surface area contributed by atoms with Gasteiger partial charge in [0, 0.05) is 19.4 Å². The van der Waals surface area contributed by atoms with Gasteiger partial charge in [0.1, 0.15) is 0 Å². The minimum absolute atomic E-state index is 0.220. The fourth-order valence-electron chi connectivity index (χ4n) is 2.44. The molecule has 3 aromatic rings. The second-order valence-electron chi connectivity index (χ2n) is 5.76. The van der Waals surface area contributed by atoms with Crippen LogP contribution in [0.15, 0.2) is 41.1 Å². The SMILES string of the molecule is Cc1ccc(Cn2cc(Br)c(NC(=O)c3cn(C)nc3C)n2)cc1. The highest BCUT2D eigenvalue weighted by atomic mass is 79.9. The number of hydrogen-bond donors (Lipinski definition) is 1. The van der Waals surface area contributed by atoms with E-state index in [1.54, 1.807) is 29.5 Å². The highest BCUT2D eigenvalue weighted by molar-refractivity contribution is 9.10. The van der Waals surface area contributed by atoms with Gasteiger partial charge in [-0.25, -0.2) is 0 Å². The van der Waals surface area contributed by atoms with Gasteiger partial charge >= 0.3 is 0 Å². The van der Waals surface area contributed by atoms with Crippen LogP contribution >= 0.6 is 15.9 Å². The van der Waals surface area contributed by atoms with Crippen molar-refractivity contribution in [2.24, 2.45) is 7.05 Å². The van der Waals surface area contributed by atoms with Crippen molar-refractivity contribution in [1.29, 1.82) is 0 Å². The molecule has 0 saturated heterocycles. The zero-order valence-electron chi connectivity index (χ0n) is 13.7. The summed E-state index contributed by atoms with van der Waals surface area (Å²) in [5.74, 6) is 0.275. The number of carbonyl (C=O) groups excluding carboxylic acids is 1. The van der Waals surface area contributed by atoms with Crippen molar-refractivity contribution in [3.8, 4) is 0 Å². The van der Waals surface area contributed by atoms with Crippen LogP contribution in [0.5, 0.6) is 0 Å². The van der Waals surface area contributed by atoms with Gasteiger partial charge in [0.25, 0.3) is 5.91 Å². The standard InChI is InChI=1S/C17H18BrN5O/c1-11-4-6-13(7-5-11)8-23-10-15(18)16(21-23)19-17(24)14-9-22(3)20-12(14)2/h4-7,9-10H,8H2,1-3H3,(H,19,21,24). The zero-order valence-corrected chi connectivity index (χ0v) is 15.3. The number of amides is 1. The summed E-state index contributed by atoms with van der Waals surface area (Å²) < 4.78 is 4.15. The average Bonchev–Trinajstić information content (AvgIpc) is 3.04. The van der Waals surface area contributed by atoms with Gasteiger partial charge in [-0.15, -0.1) is 0 Å². The van der Waals surface area contributed by atoms with E-state index < -0.39 is 0 Å². The quantitative estimate of drug-likeness (QED) is 0.746. The molecule has 24 heavy (non-hydrogen) atoms. The number of hydrogen-bond acceptors (Lipinski definition) is 3. The molecule has 124 valence electrons. The maximum atomic E-state index is 12.4. The lowest BCUT2D eigenvalue weighted by atomic mass is 10.1. The molecule has 0 radical (unpaired) electrons. The number of halogens is 1. The molecule has 0 aliphatic rings. The van der Waals surface area contributed by atoms with E-state index in [0.717, 1.165) is 10.0 Å². The van der Waals surface area contributed by atoms with Crippen LogP contribution in [-0.4, -0.2) is 25.5 Å². The number of rotatable bonds is 4. The van der Waals surface area contributed by atoms with Gasteiger partial charge in [-0.3, -0.25) is 14.2 Å². The second-order valence-corrected chi connectivity index (χ2v) is 6.62. The highest BCUT2D eigenvalue weighted by Gasteiger charge is 2.16. The van der Waals surface area contributed by atoms with E-state index in [9.17, 15) is 4.79 Å². The first kappa shape index (κ1) is 16.4. The van der Waals surface area contributed by atoms with Gasteiger partial charge in [-0.1, -0.05) is 29.8 Å². The van der Waals surface area contributed by atoms with Crippen molar-refractivity contribution in [3.63, 3.8) is 0 Å². The molecule has 1 aromatic carbocycles. The molecular weight excluding hydrogens is 370 g/mol. The molecule has 0 fully saturated rings. The summed E-state index contributed by atoms with van der Waals surface area (Å²) in [5.41, 5.74) is 3.60. The van der Waals surface area contributed by atoms with Crippen LogP contribution in [0.3, 0.4) is 0 Å². The van der Waals surface area contributed by atoms with Crippen LogP contribution in [0.4, 0.5) is 5.82 Å². The predicted molar refractivity (Wildman–Crippen MR) is 96.1 cm³/mol. The van der Waals surface area contributed by atoms with Crippen molar-refractivity contribution in [2.45, 2.75) is 20.4 Å². The Labute approximate surface area is 148 Å². The Bertz CT molecular complexity index is 879. The summed E-state index contributed by atoms with van der Waals surface area (Å²) in [4.78, 5) is 12.4. The first-order valence-corrected chi connectivity index (χ1v) is 8.32. The smallest absolute Gasteiger partial charge is 0.260 e. The summed E-state index contributed by atoms with van der Waals surface area (Å²) >= 11 is 3.45. The Hall–Kier alpha value is -2.41. The molecular formula is C17H18BrN5O. The topological polar surface area (TPSA) is 64.7 Å². The molecule has 7 heteroatoms. The number of carbonyl (C=O) groups is 1. The molecule has 3 rings (SSSR count). The van der Waals surface area contributed by atoms with E-state index in [1.165, 1.54) is 5.56 Å². The minimum Gasteiger partial charge on any atom is -0.304 e. The lowest BCUT2D eigenvalue weighted by Gasteiger charge is -2.03. The van der Waals surface area contributed by atoms with E-state index >= 15 is 0 Å². The predicted octanol–water partition coefficient (Wildman–Crippen LogP) is 3.30. The monoisotopic (exact) mass is 387 g/mol. The van der Waals surface area contributed by atoms with Crippen LogP contribution in [0.25, 0.3) is 0 Å². The van der Waals surface area contributed by atoms with Gasteiger partial charge in [-0.2, -0.15) is 10.2 Å². The summed E-state index contributed by atoms with van der Waals surface area (Å²) in [6, 6.07) is 8.29. The number of aryl methyl sites for hydroxylation is 3. The Kier molecular flexibility index (Phi) is 4.53. The molecule has 1 N–H and O–H groups in total. The third-order valence-electron chi connectivity index (χ3n) is 3.67. The number of nitrogens with zero attached hydrogens (tertiary/aromatic N) is 4. The van der Waals surface area contributed by atoms with Crippen molar-refractivity contribution in [3.05, 3.63) is 63.5 Å². The summed E-state index contributed by atoms with van der Waals surface area (Å²) in [7, 11) is 1.79. The van der Waals surface area contributed by atoms with Crippen LogP contribution in [0.2, 0.25) is 0 Å². The first-order chi connectivity index (χ1) is 11.4. The number of benzene rings is 1. The first-order valence-electron chi connectivity index (χ1n) is 7.52. The maximum Gasteiger partial charge on any atom is 0.260 e. The average molecular weight is 388 g/mol.